The molecule has 8 heteroatoms. The quantitative estimate of drug-likeness (QED) is 0.582. The Hall–Kier alpha value is -2.32. The van der Waals surface area contributed by atoms with E-state index in [0.29, 0.717) is 31.9 Å². The van der Waals surface area contributed by atoms with Crippen molar-refractivity contribution >= 4 is 33.6 Å². The predicted octanol–water partition coefficient (Wildman–Crippen LogP) is 3.71. The molecule has 3 amide bonds. The number of urea groups is 1. The lowest BCUT2D eigenvalue weighted by atomic mass is 10.3. The maximum absolute atomic E-state index is 13.0. The van der Waals surface area contributed by atoms with Gasteiger partial charge in [-0.1, -0.05) is 19.1 Å². The molecule has 0 atom stereocenters. The second-order valence-electron chi connectivity index (χ2n) is 6.75. The highest BCUT2D eigenvalue weighted by molar-refractivity contribution is 9.10. The Bertz CT molecular complexity index is 809. The van der Waals surface area contributed by atoms with Crippen molar-refractivity contribution in [2.75, 3.05) is 38.7 Å². The molecule has 0 spiro atoms. The summed E-state index contributed by atoms with van der Waals surface area (Å²) in [4.78, 5) is 29.1. The van der Waals surface area contributed by atoms with Crippen molar-refractivity contribution in [3.05, 3.63) is 52.8 Å². The molecule has 0 aliphatic heterocycles. The van der Waals surface area contributed by atoms with E-state index in [0.717, 1.165) is 16.6 Å². The van der Waals surface area contributed by atoms with Crippen molar-refractivity contribution in [3.8, 4) is 0 Å². The molecule has 2 rings (SSSR count). The van der Waals surface area contributed by atoms with Crippen LogP contribution in [0.5, 0.6) is 0 Å². The summed E-state index contributed by atoms with van der Waals surface area (Å²) in [5.74, 6) is -0.112. The van der Waals surface area contributed by atoms with Crippen LogP contribution < -0.4 is 5.32 Å². The zero-order valence-electron chi connectivity index (χ0n) is 17.2. The lowest BCUT2D eigenvalue weighted by Crippen LogP contribution is -2.45. The summed E-state index contributed by atoms with van der Waals surface area (Å²) >= 11 is 3.43. The number of carbonyl (C=O) groups excluding carboxylic acids is 2. The monoisotopic (exact) mass is 464 g/mol. The minimum absolute atomic E-state index is 0.0122. The summed E-state index contributed by atoms with van der Waals surface area (Å²) in [5.41, 5.74) is 1.69. The Morgan fingerprint density at radius 2 is 1.90 bits per heavy atom. The number of hydrogen-bond donors (Lipinski definition) is 1. The second-order valence-corrected chi connectivity index (χ2v) is 7.60. The third-order valence-corrected chi connectivity index (χ3v) is 5.24. The molecule has 1 aromatic heterocycles. The fourth-order valence-corrected chi connectivity index (χ4v) is 3.28. The number of rotatable bonds is 10. The van der Waals surface area contributed by atoms with Crippen LogP contribution in [0.15, 0.2) is 47.1 Å². The Balaban J connectivity index is 2.08. The number of aryl methyl sites for hydroxylation is 1. The zero-order chi connectivity index (χ0) is 21.2. The number of nitrogens with one attached hydrogen (secondary N) is 1. The molecule has 158 valence electrons. The van der Waals surface area contributed by atoms with Gasteiger partial charge in [0.05, 0.1) is 18.8 Å². The Morgan fingerprint density at radius 3 is 2.52 bits per heavy atom. The first-order valence-corrected chi connectivity index (χ1v) is 10.4. The maximum atomic E-state index is 13.0. The van der Waals surface area contributed by atoms with Crippen LogP contribution >= 0.6 is 15.9 Å². The van der Waals surface area contributed by atoms with Crippen molar-refractivity contribution in [2.45, 2.75) is 19.9 Å². The number of hydrogen-bond acceptors (Lipinski definition) is 3. The van der Waals surface area contributed by atoms with Crippen LogP contribution in [0.2, 0.25) is 0 Å². The van der Waals surface area contributed by atoms with Crippen LogP contribution in [0.4, 0.5) is 10.5 Å². The van der Waals surface area contributed by atoms with Gasteiger partial charge in [-0.2, -0.15) is 0 Å². The Morgan fingerprint density at radius 1 is 1.14 bits per heavy atom. The third kappa shape index (κ3) is 6.90. The lowest BCUT2D eigenvalue weighted by molar-refractivity contribution is -0.133. The van der Waals surface area contributed by atoms with Crippen LogP contribution in [0.3, 0.4) is 0 Å². The van der Waals surface area contributed by atoms with E-state index in [4.69, 9.17) is 4.74 Å². The van der Waals surface area contributed by atoms with Crippen LogP contribution in [-0.2, 0) is 23.1 Å². The van der Waals surface area contributed by atoms with Gasteiger partial charge in [0.1, 0.15) is 6.54 Å². The summed E-state index contributed by atoms with van der Waals surface area (Å²) in [6, 6.07) is 11.0. The molecule has 1 N–H and O–H groups in total. The van der Waals surface area contributed by atoms with Gasteiger partial charge in [0.25, 0.3) is 0 Å². The average molecular weight is 465 g/mol. The largest absolute Gasteiger partial charge is 0.383 e. The average Bonchev–Trinajstić information content (AvgIpc) is 3.10. The van der Waals surface area contributed by atoms with E-state index < -0.39 is 0 Å². The first-order valence-electron chi connectivity index (χ1n) is 9.63. The van der Waals surface area contributed by atoms with Crippen LogP contribution in [-0.4, -0.2) is 59.7 Å². The van der Waals surface area contributed by atoms with E-state index in [1.54, 1.807) is 16.9 Å². The molecule has 1 aromatic carbocycles. The molecule has 29 heavy (non-hydrogen) atoms. The van der Waals surface area contributed by atoms with Crippen molar-refractivity contribution in [3.63, 3.8) is 0 Å². The standard InChI is InChI=1S/C21H29BrN4O3/c1-4-11-26(21(28)23-19-10-6-5-9-18(19)22)16-20(27)25(13-14-29-3)15-17-8-7-12-24(17)2/h5-10,12H,4,11,13-16H2,1-3H3,(H,23,28). The fraction of sp³-hybridized carbons (Fsp3) is 0.429. The first-order chi connectivity index (χ1) is 14.0. The van der Waals surface area contributed by atoms with Gasteiger partial charge in [-0.15, -0.1) is 0 Å². The number of aromatic nitrogens is 1. The van der Waals surface area contributed by atoms with E-state index >= 15 is 0 Å². The van der Waals surface area contributed by atoms with Gasteiger partial charge in [-0.25, -0.2) is 4.79 Å². The van der Waals surface area contributed by atoms with E-state index in [1.807, 2.05) is 61.1 Å². The summed E-state index contributed by atoms with van der Waals surface area (Å²) in [7, 11) is 3.56. The number of amides is 3. The van der Waals surface area contributed by atoms with Gasteiger partial charge in [0.15, 0.2) is 0 Å². The van der Waals surface area contributed by atoms with Crippen molar-refractivity contribution in [2.24, 2.45) is 7.05 Å². The summed E-state index contributed by atoms with van der Waals surface area (Å²) < 4.78 is 7.94. The number of methoxy groups -OCH3 is 1. The van der Waals surface area contributed by atoms with Crippen LogP contribution in [0.1, 0.15) is 19.0 Å². The Kier molecular flexibility index (Phi) is 9.21. The molecular weight excluding hydrogens is 436 g/mol. The van der Waals surface area contributed by atoms with Gasteiger partial charge in [0, 0.05) is 43.6 Å². The summed E-state index contributed by atoms with van der Waals surface area (Å²) in [5, 5.41) is 2.88. The second kappa shape index (κ2) is 11.6. The van der Waals surface area contributed by atoms with E-state index in [2.05, 4.69) is 21.2 Å². The predicted molar refractivity (Wildman–Crippen MR) is 118 cm³/mol. The number of para-hydroxylation sites is 1. The molecule has 0 aliphatic carbocycles. The molecule has 0 fully saturated rings. The summed E-state index contributed by atoms with van der Waals surface area (Å²) in [6.45, 7) is 3.86. The molecule has 0 bridgehead atoms. The molecule has 0 aliphatic rings. The number of benzene rings is 1. The molecule has 0 saturated heterocycles. The van der Waals surface area contributed by atoms with Gasteiger partial charge in [-0.05, 0) is 46.6 Å². The molecule has 0 unspecified atom stereocenters. The van der Waals surface area contributed by atoms with E-state index in [-0.39, 0.29) is 18.5 Å². The minimum Gasteiger partial charge on any atom is -0.383 e. The molecule has 1 heterocycles. The van der Waals surface area contributed by atoms with Gasteiger partial charge < -0.3 is 24.4 Å². The third-order valence-electron chi connectivity index (χ3n) is 4.54. The fourth-order valence-electron chi connectivity index (χ4n) is 2.89. The van der Waals surface area contributed by atoms with Gasteiger partial charge in [-0.3, -0.25) is 4.79 Å². The van der Waals surface area contributed by atoms with Crippen LogP contribution in [0.25, 0.3) is 0 Å². The molecule has 0 saturated carbocycles. The van der Waals surface area contributed by atoms with E-state index in [1.165, 1.54) is 0 Å². The molecule has 2 aromatic rings. The van der Waals surface area contributed by atoms with Crippen LogP contribution in [0, 0.1) is 0 Å². The normalized spacial score (nSPS) is 10.6. The highest BCUT2D eigenvalue weighted by Gasteiger charge is 2.22. The van der Waals surface area contributed by atoms with Crippen molar-refractivity contribution in [1.82, 2.24) is 14.4 Å². The van der Waals surface area contributed by atoms with Gasteiger partial charge in [0.2, 0.25) is 5.91 Å². The minimum atomic E-state index is -0.294. The number of carbonyl (C=O) groups is 2. The van der Waals surface area contributed by atoms with Gasteiger partial charge >= 0.3 is 6.03 Å². The number of anilines is 1. The highest BCUT2D eigenvalue weighted by Crippen LogP contribution is 2.21. The summed E-state index contributed by atoms with van der Waals surface area (Å²) in [6.07, 6.45) is 2.70. The lowest BCUT2D eigenvalue weighted by Gasteiger charge is -2.28. The topological polar surface area (TPSA) is 66.8 Å². The van der Waals surface area contributed by atoms with E-state index in [9.17, 15) is 9.59 Å². The maximum Gasteiger partial charge on any atom is 0.322 e. The molecule has 7 nitrogen and oxygen atoms in total. The highest BCUT2D eigenvalue weighted by atomic mass is 79.9. The number of ether oxygens (including phenoxy) is 1. The SMILES string of the molecule is CCCN(CC(=O)N(CCOC)Cc1cccn1C)C(=O)Nc1ccccc1Br. The Labute approximate surface area is 180 Å². The molecule has 0 radical (unpaired) electrons. The zero-order valence-corrected chi connectivity index (χ0v) is 18.8. The van der Waals surface area contributed by atoms with Crippen molar-refractivity contribution in [1.29, 1.82) is 0 Å². The molecular formula is C21H29BrN4O3. The smallest absolute Gasteiger partial charge is 0.322 e. The number of halogens is 1. The van der Waals surface area contributed by atoms with Crippen molar-refractivity contribution < 1.29 is 14.3 Å². The number of nitrogens with zero attached hydrogens (tertiary/aromatic N) is 3. The first kappa shape index (κ1) is 23.0.